The molecule has 20 heavy (non-hydrogen) atoms. The number of carbonyl (C=O) groups is 2. The molecule has 2 amide bonds. The zero-order valence-electron chi connectivity index (χ0n) is 11.3. The van der Waals surface area contributed by atoms with Crippen molar-refractivity contribution in [1.82, 2.24) is 5.32 Å². The molecule has 0 saturated carbocycles. The van der Waals surface area contributed by atoms with Gasteiger partial charge in [0.1, 0.15) is 5.75 Å². The molecule has 4 N–H and O–H groups in total. The Morgan fingerprint density at radius 1 is 1.40 bits per heavy atom. The van der Waals surface area contributed by atoms with Gasteiger partial charge in [-0.1, -0.05) is 6.07 Å². The molecule has 0 heterocycles. The van der Waals surface area contributed by atoms with Gasteiger partial charge in [-0.25, -0.2) is 9.59 Å². The molecule has 0 radical (unpaired) electrons. The molecule has 1 aromatic rings. The summed E-state index contributed by atoms with van der Waals surface area (Å²) in [6, 6.07) is 6.16. The molecule has 0 aliphatic carbocycles. The second-order valence-electron chi connectivity index (χ2n) is 4.35. The van der Waals surface area contributed by atoms with Gasteiger partial charge in [0.15, 0.2) is 5.60 Å². The minimum atomic E-state index is -2.01. The molecule has 7 heteroatoms. The molecule has 1 atom stereocenters. The number of rotatable bonds is 6. The third-order valence-corrected chi connectivity index (χ3v) is 2.46. The summed E-state index contributed by atoms with van der Waals surface area (Å²) in [6.45, 7) is 3.06. The highest BCUT2D eigenvalue weighted by atomic mass is 16.5. The SMILES string of the molecule is CCOc1cccc(NC(=O)NCC(C)(O)C(=O)O)c1. The van der Waals surface area contributed by atoms with Crippen molar-refractivity contribution in [1.29, 1.82) is 0 Å². The van der Waals surface area contributed by atoms with Gasteiger partial charge in [-0.2, -0.15) is 0 Å². The van der Waals surface area contributed by atoms with E-state index in [0.717, 1.165) is 6.92 Å². The Kier molecular flexibility index (Phi) is 5.33. The minimum absolute atomic E-state index is 0.403. The fourth-order valence-electron chi connectivity index (χ4n) is 1.33. The highest BCUT2D eigenvalue weighted by Crippen LogP contribution is 2.17. The molecular weight excluding hydrogens is 264 g/mol. The number of nitrogens with one attached hydrogen (secondary N) is 2. The predicted octanol–water partition coefficient (Wildman–Crippen LogP) is 1.04. The Labute approximate surface area is 116 Å². The second-order valence-corrected chi connectivity index (χ2v) is 4.35. The maximum atomic E-state index is 11.6. The molecule has 0 saturated heterocycles. The maximum Gasteiger partial charge on any atom is 0.337 e. The van der Waals surface area contributed by atoms with Gasteiger partial charge in [0, 0.05) is 11.8 Å². The number of ether oxygens (including phenoxy) is 1. The Hall–Kier alpha value is -2.28. The van der Waals surface area contributed by atoms with Crippen LogP contribution in [0.2, 0.25) is 0 Å². The zero-order valence-corrected chi connectivity index (χ0v) is 11.3. The minimum Gasteiger partial charge on any atom is -0.494 e. The smallest absolute Gasteiger partial charge is 0.337 e. The number of carboxylic acids is 1. The summed E-state index contributed by atoms with van der Waals surface area (Å²) in [6.07, 6.45) is 0. The summed E-state index contributed by atoms with van der Waals surface area (Å²) in [7, 11) is 0. The van der Waals surface area contributed by atoms with E-state index in [9.17, 15) is 14.7 Å². The van der Waals surface area contributed by atoms with E-state index in [4.69, 9.17) is 9.84 Å². The molecule has 0 spiro atoms. The van der Waals surface area contributed by atoms with E-state index in [2.05, 4.69) is 10.6 Å². The number of hydrogen-bond donors (Lipinski definition) is 4. The highest BCUT2D eigenvalue weighted by Gasteiger charge is 2.30. The van der Waals surface area contributed by atoms with E-state index in [-0.39, 0.29) is 0 Å². The van der Waals surface area contributed by atoms with Crippen LogP contribution in [0.4, 0.5) is 10.5 Å². The van der Waals surface area contributed by atoms with Crippen LogP contribution in [-0.2, 0) is 4.79 Å². The fraction of sp³-hybridized carbons (Fsp3) is 0.385. The number of urea groups is 1. The van der Waals surface area contributed by atoms with E-state index >= 15 is 0 Å². The van der Waals surface area contributed by atoms with Gasteiger partial charge in [0.25, 0.3) is 0 Å². The van der Waals surface area contributed by atoms with Gasteiger partial charge < -0.3 is 25.6 Å². The van der Waals surface area contributed by atoms with Gasteiger partial charge in [0.2, 0.25) is 0 Å². The summed E-state index contributed by atoms with van der Waals surface area (Å²) in [5, 5.41) is 23.0. The van der Waals surface area contributed by atoms with Crippen molar-refractivity contribution >= 4 is 17.7 Å². The van der Waals surface area contributed by atoms with E-state index in [1.807, 2.05) is 6.92 Å². The molecule has 0 bridgehead atoms. The molecule has 1 rings (SSSR count). The van der Waals surface area contributed by atoms with Crippen LogP contribution in [0.3, 0.4) is 0 Å². The number of amides is 2. The molecular formula is C13H18N2O5. The molecule has 1 aromatic carbocycles. The topological polar surface area (TPSA) is 108 Å². The summed E-state index contributed by atoms with van der Waals surface area (Å²) < 4.78 is 5.28. The van der Waals surface area contributed by atoms with E-state index in [1.54, 1.807) is 24.3 Å². The lowest BCUT2D eigenvalue weighted by molar-refractivity contribution is -0.155. The van der Waals surface area contributed by atoms with Crippen molar-refractivity contribution < 1.29 is 24.5 Å². The van der Waals surface area contributed by atoms with E-state index < -0.39 is 24.1 Å². The molecule has 0 aromatic heterocycles. The standard InChI is InChI=1S/C13H18N2O5/c1-3-20-10-6-4-5-9(7-10)15-12(18)14-8-13(2,19)11(16)17/h4-7,19H,3,8H2,1-2H3,(H,16,17)(H2,14,15,18). The van der Waals surface area contributed by atoms with Crippen LogP contribution in [0.25, 0.3) is 0 Å². The van der Waals surface area contributed by atoms with Crippen LogP contribution in [0.1, 0.15) is 13.8 Å². The van der Waals surface area contributed by atoms with Gasteiger partial charge in [0.05, 0.1) is 13.2 Å². The number of aliphatic hydroxyl groups is 1. The first-order chi connectivity index (χ1) is 9.35. The van der Waals surface area contributed by atoms with Crippen LogP contribution in [0.5, 0.6) is 5.75 Å². The van der Waals surface area contributed by atoms with E-state index in [1.165, 1.54) is 0 Å². The quantitative estimate of drug-likeness (QED) is 0.623. The Morgan fingerprint density at radius 3 is 2.70 bits per heavy atom. The van der Waals surface area contributed by atoms with E-state index in [0.29, 0.717) is 18.0 Å². The van der Waals surface area contributed by atoms with Crippen LogP contribution in [0, 0.1) is 0 Å². The van der Waals surface area contributed by atoms with Crippen molar-refractivity contribution in [2.45, 2.75) is 19.4 Å². The number of carboxylic acid groups (broad SMARTS) is 1. The van der Waals surface area contributed by atoms with Crippen LogP contribution < -0.4 is 15.4 Å². The van der Waals surface area contributed by atoms with Gasteiger partial charge in [-0.15, -0.1) is 0 Å². The third kappa shape index (κ3) is 4.77. The Balaban J connectivity index is 2.54. The average Bonchev–Trinajstić information content (AvgIpc) is 2.37. The molecule has 1 unspecified atom stereocenters. The van der Waals surface area contributed by atoms with Crippen molar-refractivity contribution in [2.24, 2.45) is 0 Å². The number of benzene rings is 1. The first-order valence-corrected chi connectivity index (χ1v) is 6.08. The number of anilines is 1. The molecule has 0 aliphatic heterocycles. The normalized spacial score (nSPS) is 13.2. The summed E-state index contributed by atoms with van der Waals surface area (Å²) in [5.74, 6) is -0.793. The summed E-state index contributed by atoms with van der Waals surface area (Å²) in [5.41, 5.74) is -1.51. The number of aliphatic carboxylic acids is 1. The first-order valence-electron chi connectivity index (χ1n) is 6.08. The maximum absolute atomic E-state index is 11.6. The lowest BCUT2D eigenvalue weighted by atomic mass is 10.1. The summed E-state index contributed by atoms with van der Waals surface area (Å²) >= 11 is 0. The summed E-state index contributed by atoms with van der Waals surface area (Å²) in [4.78, 5) is 22.3. The van der Waals surface area contributed by atoms with Crippen molar-refractivity contribution in [3.8, 4) is 5.75 Å². The van der Waals surface area contributed by atoms with Crippen molar-refractivity contribution in [2.75, 3.05) is 18.5 Å². The third-order valence-electron chi connectivity index (χ3n) is 2.46. The van der Waals surface area contributed by atoms with Crippen molar-refractivity contribution in [3.63, 3.8) is 0 Å². The van der Waals surface area contributed by atoms with Crippen molar-refractivity contribution in [3.05, 3.63) is 24.3 Å². The monoisotopic (exact) mass is 282 g/mol. The average molecular weight is 282 g/mol. The zero-order chi connectivity index (χ0) is 15.2. The molecule has 0 fully saturated rings. The van der Waals surface area contributed by atoms with Gasteiger partial charge in [-0.05, 0) is 26.0 Å². The fourth-order valence-corrected chi connectivity index (χ4v) is 1.33. The van der Waals surface area contributed by atoms with Crippen LogP contribution >= 0.6 is 0 Å². The van der Waals surface area contributed by atoms with Crippen LogP contribution in [-0.4, -0.2) is 41.0 Å². The lowest BCUT2D eigenvalue weighted by Gasteiger charge is -2.18. The number of hydrogen-bond acceptors (Lipinski definition) is 4. The lowest BCUT2D eigenvalue weighted by Crippen LogP contribution is -2.47. The molecule has 7 nitrogen and oxygen atoms in total. The van der Waals surface area contributed by atoms with Gasteiger partial charge >= 0.3 is 12.0 Å². The Bertz CT molecular complexity index is 487. The number of carbonyl (C=O) groups excluding carboxylic acids is 1. The second kappa shape index (κ2) is 6.76. The largest absolute Gasteiger partial charge is 0.494 e. The predicted molar refractivity (Wildman–Crippen MR) is 72.9 cm³/mol. The Morgan fingerprint density at radius 2 is 2.10 bits per heavy atom. The van der Waals surface area contributed by atoms with Gasteiger partial charge in [-0.3, -0.25) is 0 Å². The molecule has 0 aliphatic rings. The van der Waals surface area contributed by atoms with Crippen LogP contribution in [0.15, 0.2) is 24.3 Å². The molecule has 110 valence electrons. The first kappa shape index (κ1) is 15.8. The highest BCUT2D eigenvalue weighted by molar-refractivity contribution is 5.90.